The first-order chi connectivity index (χ1) is 8.69. The SMILES string of the molecule is CCCNC(Cc1cc(C)cc(C)c1)C1CCC1. The second kappa shape index (κ2) is 6.38. The van der Waals surface area contributed by atoms with E-state index < -0.39 is 0 Å². The summed E-state index contributed by atoms with van der Waals surface area (Å²) in [5, 5.41) is 3.76. The molecule has 0 radical (unpaired) electrons. The minimum Gasteiger partial charge on any atom is -0.313 e. The molecule has 1 saturated carbocycles. The summed E-state index contributed by atoms with van der Waals surface area (Å²) in [5.41, 5.74) is 4.30. The van der Waals surface area contributed by atoms with Gasteiger partial charge in [0.15, 0.2) is 0 Å². The zero-order valence-corrected chi connectivity index (χ0v) is 12.1. The molecular weight excluding hydrogens is 218 g/mol. The maximum absolute atomic E-state index is 3.76. The molecule has 18 heavy (non-hydrogen) atoms. The molecule has 1 aliphatic rings. The maximum Gasteiger partial charge on any atom is 0.0136 e. The van der Waals surface area contributed by atoms with E-state index in [1.807, 2.05) is 0 Å². The smallest absolute Gasteiger partial charge is 0.0136 e. The molecule has 0 amide bonds. The first-order valence-corrected chi connectivity index (χ1v) is 7.49. The van der Waals surface area contributed by atoms with E-state index in [-0.39, 0.29) is 0 Å². The molecule has 0 bridgehead atoms. The van der Waals surface area contributed by atoms with Gasteiger partial charge < -0.3 is 5.32 Å². The van der Waals surface area contributed by atoms with Crippen molar-refractivity contribution in [1.82, 2.24) is 5.32 Å². The van der Waals surface area contributed by atoms with Crippen molar-refractivity contribution in [2.45, 2.75) is 58.9 Å². The summed E-state index contributed by atoms with van der Waals surface area (Å²) in [7, 11) is 0. The van der Waals surface area contributed by atoms with Gasteiger partial charge in [-0.2, -0.15) is 0 Å². The van der Waals surface area contributed by atoms with Crippen molar-refractivity contribution in [3.05, 3.63) is 34.9 Å². The fourth-order valence-electron chi connectivity index (χ4n) is 3.02. The van der Waals surface area contributed by atoms with Crippen LogP contribution in [0.5, 0.6) is 0 Å². The van der Waals surface area contributed by atoms with Crippen LogP contribution in [0.1, 0.15) is 49.3 Å². The Morgan fingerprint density at radius 2 is 1.83 bits per heavy atom. The Hall–Kier alpha value is -0.820. The zero-order chi connectivity index (χ0) is 13.0. The van der Waals surface area contributed by atoms with Crippen LogP contribution in [0, 0.1) is 19.8 Å². The van der Waals surface area contributed by atoms with Crippen LogP contribution in [-0.2, 0) is 6.42 Å². The van der Waals surface area contributed by atoms with Gasteiger partial charge in [0, 0.05) is 6.04 Å². The van der Waals surface area contributed by atoms with Gasteiger partial charge in [-0.15, -0.1) is 0 Å². The van der Waals surface area contributed by atoms with Crippen LogP contribution >= 0.6 is 0 Å². The highest BCUT2D eigenvalue weighted by atomic mass is 14.9. The Bertz CT molecular complexity index is 359. The lowest BCUT2D eigenvalue weighted by Gasteiger charge is -2.34. The third kappa shape index (κ3) is 3.58. The van der Waals surface area contributed by atoms with E-state index in [1.165, 1.54) is 48.8 Å². The fraction of sp³-hybridized carbons (Fsp3) is 0.647. The molecule has 0 aromatic heterocycles. The van der Waals surface area contributed by atoms with Gasteiger partial charge in [0.1, 0.15) is 0 Å². The number of aryl methyl sites for hydroxylation is 2. The molecule has 100 valence electrons. The maximum atomic E-state index is 3.76. The van der Waals surface area contributed by atoms with Gasteiger partial charge in [0.2, 0.25) is 0 Å². The van der Waals surface area contributed by atoms with Crippen molar-refractivity contribution in [1.29, 1.82) is 0 Å². The van der Waals surface area contributed by atoms with Crippen LogP contribution in [0.15, 0.2) is 18.2 Å². The van der Waals surface area contributed by atoms with Gasteiger partial charge in [0.05, 0.1) is 0 Å². The topological polar surface area (TPSA) is 12.0 Å². The first-order valence-electron chi connectivity index (χ1n) is 7.49. The summed E-state index contributed by atoms with van der Waals surface area (Å²) in [6, 6.07) is 7.67. The Labute approximate surface area is 112 Å². The van der Waals surface area contributed by atoms with E-state index in [1.54, 1.807) is 0 Å². The molecule has 2 rings (SSSR count). The number of hydrogen-bond acceptors (Lipinski definition) is 1. The van der Waals surface area contributed by atoms with Gasteiger partial charge in [-0.3, -0.25) is 0 Å². The van der Waals surface area contributed by atoms with Gasteiger partial charge in [0.25, 0.3) is 0 Å². The highest BCUT2D eigenvalue weighted by Gasteiger charge is 2.26. The summed E-state index contributed by atoms with van der Waals surface area (Å²) < 4.78 is 0. The highest BCUT2D eigenvalue weighted by molar-refractivity contribution is 5.29. The molecule has 1 aliphatic carbocycles. The van der Waals surface area contributed by atoms with Gasteiger partial charge in [-0.1, -0.05) is 42.7 Å². The van der Waals surface area contributed by atoms with Crippen molar-refractivity contribution < 1.29 is 0 Å². The lowest BCUT2D eigenvalue weighted by atomic mass is 9.77. The van der Waals surface area contributed by atoms with E-state index in [0.717, 1.165) is 12.5 Å². The Balaban J connectivity index is 2.02. The molecule has 1 N–H and O–H groups in total. The van der Waals surface area contributed by atoms with Crippen molar-refractivity contribution in [3.63, 3.8) is 0 Å². The van der Waals surface area contributed by atoms with Gasteiger partial charge in [-0.05, 0) is 57.6 Å². The average Bonchev–Trinajstić information content (AvgIpc) is 2.21. The normalized spacial score (nSPS) is 17.5. The third-order valence-electron chi connectivity index (χ3n) is 4.11. The van der Waals surface area contributed by atoms with Crippen molar-refractivity contribution in [2.24, 2.45) is 5.92 Å². The fourth-order valence-corrected chi connectivity index (χ4v) is 3.02. The summed E-state index contributed by atoms with van der Waals surface area (Å²) in [6.07, 6.45) is 6.71. The molecule has 0 saturated heterocycles. The van der Waals surface area contributed by atoms with Crippen LogP contribution in [-0.4, -0.2) is 12.6 Å². The molecule has 1 atom stereocenters. The minimum atomic E-state index is 0.694. The average molecular weight is 245 g/mol. The Kier molecular flexibility index (Phi) is 4.82. The van der Waals surface area contributed by atoms with Crippen LogP contribution in [0.4, 0.5) is 0 Å². The monoisotopic (exact) mass is 245 g/mol. The molecule has 1 heteroatoms. The quantitative estimate of drug-likeness (QED) is 0.798. The molecule has 0 heterocycles. The van der Waals surface area contributed by atoms with E-state index in [4.69, 9.17) is 0 Å². The van der Waals surface area contributed by atoms with Gasteiger partial charge in [-0.25, -0.2) is 0 Å². The van der Waals surface area contributed by atoms with Gasteiger partial charge >= 0.3 is 0 Å². The first kappa shape index (κ1) is 13.6. The number of rotatable bonds is 6. The summed E-state index contributed by atoms with van der Waals surface area (Å²) in [5.74, 6) is 0.914. The third-order valence-corrected chi connectivity index (χ3v) is 4.11. The van der Waals surface area contributed by atoms with E-state index in [2.05, 4.69) is 44.3 Å². The van der Waals surface area contributed by atoms with E-state index in [0.29, 0.717) is 6.04 Å². The van der Waals surface area contributed by atoms with Crippen LogP contribution in [0.2, 0.25) is 0 Å². The molecule has 1 aromatic rings. The van der Waals surface area contributed by atoms with Crippen LogP contribution in [0.25, 0.3) is 0 Å². The standard InChI is InChI=1S/C17H27N/c1-4-8-18-17(16-6-5-7-16)12-15-10-13(2)9-14(3)11-15/h9-11,16-18H,4-8,12H2,1-3H3. The van der Waals surface area contributed by atoms with Crippen LogP contribution in [0.3, 0.4) is 0 Å². The molecule has 0 aliphatic heterocycles. The molecule has 1 unspecified atom stereocenters. The molecule has 1 fully saturated rings. The predicted octanol–water partition coefficient (Wildman–Crippen LogP) is 4.01. The minimum absolute atomic E-state index is 0.694. The van der Waals surface area contributed by atoms with Crippen molar-refractivity contribution in [2.75, 3.05) is 6.54 Å². The molecule has 1 aromatic carbocycles. The lowest BCUT2D eigenvalue weighted by Crippen LogP contribution is -2.41. The largest absolute Gasteiger partial charge is 0.313 e. The molecular formula is C17H27N. The zero-order valence-electron chi connectivity index (χ0n) is 12.1. The number of hydrogen-bond donors (Lipinski definition) is 1. The lowest BCUT2D eigenvalue weighted by molar-refractivity contribution is 0.227. The molecule has 1 nitrogen and oxygen atoms in total. The van der Waals surface area contributed by atoms with Crippen molar-refractivity contribution in [3.8, 4) is 0 Å². The summed E-state index contributed by atoms with van der Waals surface area (Å²) in [6.45, 7) is 7.82. The summed E-state index contributed by atoms with van der Waals surface area (Å²) in [4.78, 5) is 0. The second-order valence-electron chi connectivity index (χ2n) is 5.95. The number of nitrogens with one attached hydrogen (secondary N) is 1. The van der Waals surface area contributed by atoms with Crippen molar-refractivity contribution >= 4 is 0 Å². The molecule has 0 spiro atoms. The highest BCUT2D eigenvalue weighted by Crippen LogP contribution is 2.31. The van der Waals surface area contributed by atoms with E-state index >= 15 is 0 Å². The van der Waals surface area contributed by atoms with E-state index in [9.17, 15) is 0 Å². The Morgan fingerprint density at radius 3 is 2.33 bits per heavy atom. The van der Waals surface area contributed by atoms with Crippen LogP contribution < -0.4 is 5.32 Å². The summed E-state index contributed by atoms with van der Waals surface area (Å²) >= 11 is 0. The predicted molar refractivity (Wildman–Crippen MR) is 79.0 cm³/mol. The Morgan fingerprint density at radius 1 is 1.17 bits per heavy atom. The number of benzene rings is 1. The second-order valence-corrected chi connectivity index (χ2v) is 5.95.